The lowest BCUT2D eigenvalue weighted by atomic mass is 10.1. The molecule has 0 aromatic heterocycles. The van der Waals surface area contributed by atoms with Crippen molar-refractivity contribution < 1.29 is 27.8 Å². The number of hydrogen-bond donors (Lipinski definition) is 1. The molecule has 1 N–H and O–H groups in total. The van der Waals surface area contributed by atoms with Crippen LogP contribution in [-0.4, -0.2) is 59.9 Å². The van der Waals surface area contributed by atoms with Crippen LogP contribution in [0.25, 0.3) is 0 Å². The molecule has 3 aromatic carbocycles. The Hall–Kier alpha value is -3.56. The molecule has 0 saturated carbocycles. The van der Waals surface area contributed by atoms with Crippen molar-refractivity contribution in [1.82, 2.24) is 9.21 Å². The molecule has 3 rings (SSSR count). The number of sulfonamides is 1. The Bertz CT molecular complexity index is 1360. The number of hydrogen-bond acceptors (Lipinski definition) is 6. The SMILES string of the molecule is CCCN(CCc1cccc(OCc2ccccc2)c1O)S(=O)(=O)CN(CCCc1ccccc1)C(=O)OC(C)(C)C. The molecule has 3 aromatic rings. The van der Waals surface area contributed by atoms with Crippen LogP contribution in [-0.2, 0) is 34.2 Å². The van der Waals surface area contributed by atoms with Gasteiger partial charge in [0, 0.05) is 19.6 Å². The lowest BCUT2D eigenvalue weighted by Crippen LogP contribution is -2.45. The molecule has 0 fully saturated rings. The molecule has 0 aliphatic rings. The Labute approximate surface area is 250 Å². The molecule has 0 atom stereocenters. The maximum atomic E-state index is 13.7. The van der Waals surface area contributed by atoms with Gasteiger partial charge in [-0.05, 0) is 69.2 Å². The molecular formula is C33H44N2O6S. The fourth-order valence-electron chi connectivity index (χ4n) is 4.44. The average Bonchev–Trinajstić information content (AvgIpc) is 2.95. The average molecular weight is 597 g/mol. The summed E-state index contributed by atoms with van der Waals surface area (Å²) in [7, 11) is -3.87. The number of nitrogens with zero attached hydrogens (tertiary/aromatic N) is 2. The number of para-hydroxylation sites is 1. The zero-order chi connectivity index (χ0) is 30.6. The zero-order valence-electron chi connectivity index (χ0n) is 25.2. The van der Waals surface area contributed by atoms with Gasteiger partial charge in [0.2, 0.25) is 10.0 Å². The third kappa shape index (κ3) is 10.7. The molecule has 0 saturated heterocycles. The van der Waals surface area contributed by atoms with E-state index in [1.807, 2.05) is 67.6 Å². The molecule has 8 nitrogen and oxygen atoms in total. The van der Waals surface area contributed by atoms with Crippen LogP contribution in [0.1, 0.15) is 57.2 Å². The summed E-state index contributed by atoms with van der Waals surface area (Å²) in [6.07, 6.45) is 1.54. The summed E-state index contributed by atoms with van der Waals surface area (Å²) in [5, 5.41) is 10.9. The monoisotopic (exact) mass is 596 g/mol. The number of amides is 1. The van der Waals surface area contributed by atoms with E-state index in [0.717, 1.165) is 11.1 Å². The summed E-state index contributed by atoms with van der Waals surface area (Å²) < 4.78 is 40.1. The summed E-state index contributed by atoms with van der Waals surface area (Å²) in [6.45, 7) is 8.17. The Morgan fingerprint density at radius 2 is 1.48 bits per heavy atom. The van der Waals surface area contributed by atoms with Crippen molar-refractivity contribution in [2.24, 2.45) is 0 Å². The molecule has 228 valence electrons. The first-order chi connectivity index (χ1) is 20.0. The first-order valence-electron chi connectivity index (χ1n) is 14.5. The van der Waals surface area contributed by atoms with Gasteiger partial charge in [0.25, 0.3) is 0 Å². The highest BCUT2D eigenvalue weighted by atomic mass is 32.2. The summed E-state index contributed by atoms with van der Waals surface area (Å²) >= 11 is 0. The van der Waals surface area contributed by atoms with Crippen LogP contribution in [0.2, 0.25) is 0 Å². The van der Waals surface area contributed by atoms with Gasteiger partial charge >= 0.3 is 6.09 Å². The number of aryl methyl sites for hydroxylation is 1. The first kappa shape index (κ1) is 32.9. The molecule has 0 heterocycles. The largest absolute Gasteiger partial charge is 0.504 e. The molecule has 0 unspecified atom stereocenters. The van der Waals surface area contributed by atoms with Gasteiger partial charge in [-0.3, -0.25) is 4.90 Å². The maximum absolute atomic E-state index is 13.7. The van der Waals surface area contributed by atoms with E-state index in [4.69, 9.17) is 9.47 Å². The molecule has 1 amide bonds. The summed E-state index contributed by atoms with van der Waals surface area (Å²) in [6, 6.07) is 24.8. The van der Waals surface area contributed by atoms with Crippen molar-refractivity contribution in [3.63, 3.8) is 0 Å². The number of phenolic OH excluding ortho intramolecular Hbond substituents is 1. The van der Waals surface area contributed by atoms with Gasteiger partial charge < -0.3 is 14.6 Å². The highest BCUT2D eigenvalue weighted by Gasteiger charge is 2.30. The van der Waals surface area contributed by atoms with Crippen LogP contribution in [0.3, 0.4) is 0 Å². The van der Waals surface area contributed by atoms with Crippen molar-refractivity contribution in [2.75, 3.05) is 25.5 Å². The number of carbonyl (C=O) groups is 1. The molecule has 0 aliphatic carbocycles. The Balaban J connectivity index is 1.69. The summed E-state index contributed by atoms with van der Waals surface area (Å²) in [5.74, 6) is -0.141. The molecule has 0 bridgehead atoms. The van der Waals surface area contributed by atoms with Crippen molar-refractivity contribution in [2.45, 2.75) is 65.6 Å². The number of carbonyl (C=O) groups excluding carboxylic acids is 1. The molecule has 9 heteroatoms. The van der Waals surface area contributed by atoms with Crippen molar-refractivity contribution in [3.05, 3.63) is 95.6 Å². The van der Waals surface area contributed by atoms with Gasteiger partial charge in [-0.25, -0.2) is 17.5 Å². The minimum absolute atomic E-state index is 0.00132. The van der Waals surface area contributed by atoms with E-state index in [9.17, 15) is 18.3 Å². The van der Waals surface area contributed by atoms with Gasteiger partial charge in [-0.1, -0.05) is 79.7 Å². The third-order valence-electron chi connectivity index (χ3n) is 6.52. The standard InChI is InChI=1S/C33H44N2O6S/c1-5-22-35(24-21-29-19-12-20-30(31(29)36)40-25-28-16-10-7-11-17-28)42(38,39)26-34(32(37)41-33(2,3)4)23-13-18-27-14-8-6-9-15-27/h6-12,14-17,19-20,36H,5,13,18,21-26H2,1-4H3. The fourth-order valence-corrected chi connectivity index (χ4v) is 6.06. The predicted octanol–water partition coefficient (Wildman–Crippen LogP) is 6.38. The number of aromatic hydroxyl groups is 1. The predicted molar refractivity (Wildman–Crippen MR) is 166 cm³/mol. The first-order valence-corrected chi connectivity index (χ1v) is 16.1. The van der Waals surface area contributed by atoms with E-state index in [1.165, 1.54) is 9.21 Å². The molecule has 0 spiro atoms. The minimum atomic E-state index is -3.87. The lowest BCUT2D eigenvalue weighted by Gasteiger charge is -2.30. The van der Waals surface area contributed by atoms with Gasteiger partial charge in [-0.15, -0.1) is 0 Å². The van der Waals surface area contributed by atoms with Crippen LogP contribution < -0.4 is 4.74 Å². The van der Waals surface area contributed by atoms with Crippen LogP contribution in [0.4, 0.5) is 4.79 Å². The lowest BCUT2D eigenvalue weighted by molar-refractivity contribution is 0.0279. The second-order valence-electron chi connectivity index (χ2n) is 11.3. The van der Waals surface area contributed by atoms with Crippen LogP contribution in [0.5, 0.6) is 11.5 Å². The Morgan fingerprint density at radius 1 is 0.833 bits per heavy atom. The van der Waals surface area contributed by atoms with Crippen molar-refractivity contribution in [3.8, 4) is 11.5 Å². The highest BCUT2D eigenvalue weighted by Crippen LogP contribution is 2.31. The minimum Gasteiger partial charge on any atom is -0.504 e. The second kappa shape index (κ2) is 15.6. The Kier molecular flexibility index (Phi) is 12.2. The van der Waals surface area contributed by atoms with E-state index in [0.29, 0.717) is 43.7 Å². The zero-order valence-corrected chi connectivity index (χ0v) is 26.0. The second-order valence-corrected chi connectivity index (χ2v) is 13.2. The number of ether oxygens (including phenoxy) is 2. The third-order valence-corrected chi connectivity index (χ3v) is 8.31. The number of benzene rings is 3. The molecule has 42 heavy (non-hydrogen) atoms. The summed E-state index contributed by atoms with van der Waals surface area (Å²) in [5.41, 5.74) is 1.92. The van der Waals surface area contributed by atoms with Gasteiger partial charge in [-0.2, -0.15) is 0 Å². The van der Waals surface area contributed by atoms with Gasteiger partial charge in [0.05, 0.1) is 0 Å². The number of phenols is 1. The normalized spacial score (nSPS) is 11.8. The fraction of sp³-hybridized carbons (Fsp3) is 0.424. The summed E-state index contributed by atoms with van der Waals surface area (Å²) in [4.78, 5) is 14.3. The van der Waals surface area contributed by atoms with Crippen LogP contribution >= 0.6 is 0 Å². The molecule has 0 radical (unpaired) electrons. The quantitative estimate of drug-likeness (QED) is 0.219. The van der Waals surface area contributed by atoms with E-state index in [2.05, 4.69) is 0 Å². The molecule has 0 aliphatic heterocycles. The van der Waals surface area contributed by atoms with E-state index in [1.54, 1.807) is 39.0 Å². The van der Waals surface area contributed by atoms with E-state index >= 15 is 0 Å². The maximum Gasteiger partial charge on any atom is 0.411 e. The smallest absolute Gasteiger partial charge is 0.411 e. The Morgan fingerprint density at radius 3 is 2.10 bits per heavy atom. The van der Waals surface area contributed by atoms with Crippen molar-refractivity contribution >= 4 is 16.1 Å². The van der Waals surface area contributed by atoms with Crippen LogP contribution in [0.15, 0.2) is 78.9 Å². The van der Waals surface area contributed by atoms with E-state index in [-0.39, 0.29) is 25.3 Å². The topological polar surface area (TPSA) is 96.4 Å². The molecular weight excluding hydrogens is 552 g/mol. The van der Waals surface area contributed by atoms with Gasteiger partial charge in [0.15, 0.2) is 11.5 Å². The van der Waals surface area contributed by atoms with Gasteiger partial charge in [0.1, 0.15) is 18.1 Å². The van der Waals surface area contributed by atoms with E-state index < -0.39 is 27.6 Å². The highest BCUT2D eigenvalue weighted by molar-refractivity contribution is 7.89. The number of rotatable bonds is 15. The van der Waals surface area contributed by atoms with Crippen molar-refractivity contribution in [1.29, 1.82) is 0 Å². The van der Waals surface area contributed by atoms with Crippen LogP contribution in [0, 0.1) is 0 Å².